The van der Waals surface area contributed by atoms with Gasteiger partial charge in [0.05, 0.1) is 0 Å². The van der Waals surface area contributed by atoms with Crippen molar-refractivity contribution in [3.05, 3.63) is 0 Å². The van der Waals surface area contributed by atoms with Crippen molar-refractivity contribution in [1.82, 2.24) is 4.31 Å². The molecule has 130 valence electrons. The molecule has 0 saturated carbocycles. The summed E-state index contributed by atoms with van der Waals surface area (Å²) < 4.78 is 61.8. The zero-order chi connectivity index (χ0) is 17.0. The predicted molar refractivity (Wildman–Crippen MR) is 87.8 cm³/mol. The van der Waals surface area contributed by atoms with Gasteiger partial charge in [0.25, 0.3) is 0 Å². The fourth-order valence-electron chi connectivity index (χ4n) is 3.28. The van der Waals surface area contributed by atoms with Crippen molar-refractivity contribution in [2.45, 2.75) is 45.1 Å². The summed E-state index contributed by atoms with van der Waals surface area (Å²) in [5.41, 5.74) is 0. The Hall–Kier alpha value is -0.326. The molecule has 1 atom stereocenters. The van der Waals surface area contributed by atoms with Crippen molar-refractivity contribution in [3.8, 4) is 0 Å². The Bertz CT molecular complexity index is 608. The molecule has 0 spiro atoms. The van der Waals surface area contributed by atoms with Crippen LogP contribution in [0.25, 0.3) is 0 Å². The third-order valence-corrected chi connectivity index (χ3v) is 8.37. The van der Waals surface area contributed by atoms with Crippen molar-refractivity contribution in [3.63, 3.8) is 0 Å². The summed E-state index contributed by atoms with van der Waals surface area (Å²) in [4.78, 5) is 0. The average Bonchev–Trinajstić information content (AvgIpc) is 2.76. The molecule has 10 heteroatoms. The molecule has 1 saturated heterocycles. The summed E-state index contributed by atoms with van der Waals surface area (Å²) in [6.07, 6.45) is 2.62. The summed E-state index contributed by atoms with van der Waals surface area (Å²) in [7, 11) is -10.5. The van der Waals surface area contributed by atoms with Crippen LogP contribution in [0.2, 0.25) is 26.2 Å². The number of nitrogens with zero attached hydrogens (tertiary/aromatic N) is 2. The first kappa shape index (κ1) is 18.0. The normalized spacial score (nSPS) is 30.9. The summed E-state index contributed by atoms with van der Waals surface area (Å²) >= 11 is 0. The van der Waals surface area contributed by atoms with Crippen LogP contribution in [0.4, 0.5) is 8.22 Å². The molecular weight excluding hydrogens is 346 g/mol. The molecule has 0 N–H and O–H groups in total. The van der Waals surface area contributed by atoms with Crippen LogP contribution in [0.5, 0.6) is 0 Å². The van der Waals surface area contributed by atoms with E-state index >= 15 is 4.11 Å². The molecule has 0 unspecified atom stereocenters. The fourth-order valence-corrected chi connectivity index (χ4v) is 8.10. The molecular formula is C12H26F2N2O3SSi2. The van der Waals surface area contributed by atoms with E-state index in [0.29, 0.717) is 25.3 Å². The van der Waals surface area contributed by atoms with E-state index in [9.17, 15) is 12.5 Å². The van der Waals surface area contributed by atoms with Crippen LogP contribution in [0.15, 0.2) is 0 Å². The maximum absolute atomic E-state index is 15.0. The number of rotatable bonds is 4. The Kier molecular flexibility index (Phi) is 4.16. The standard InChI is InChI=1S/C12H26F2N2O3SSi2/c1-20(17,18)16-8-6-7-11(16)12-15(9-21(2,3)13)10-22(4,5,14)19-12/h11H,6-10H2,1-5H3/t11-/m0/s1. The Morgan fingerprint density at radius 1 is 1.45 bits per heavy atom. The Balaban J connectivity index is 2.41. The average molecular weight is 373 g/mol. The molecule has 5 nitrogen and oxygen atoms in total. The minimum absolute atomic E-state index is 0.0593. The SMILES string of the molecule is C[Si](C)(F)C[N+]1=C([C@@H]2CCCN2S(C)(=O)=O)O[Si-](C)(C)(F)C1. The van der Waals surface area contributed by atoms with Crippen molar-refractivity contribution in [2.24, 2.45) is 0 Å². The van der Waals surface area contributed by atoms with Gasteiger partial charge in [0, 0.05) is 0 Å². The Labute approximate surface area is 132 Å². The van der Waals surface area contributed by atoms with E-state index in [1.807, 2.05) is 0 Å². The quantitative estimate of drug-likeness (QED) is 0.429. The Morgan fingerprint density at radius 3 is 2.55 bits per heavy atom. The van der Waals surface area contributed by atoms with Crippen LogP contribution < -0.4 is 0 Å². The van der Waals surface area contributed by atoms with E-state index in [2.05, 4.69) is 0 Å². The molecule has 2 aliphatic heterocycles. The van der Waals surface area contributed by atoms with E-state index in [1.54, 1.807) is 17.7 Å². The zero-order valence-electron chi connectivity index (χ0n) is 13.9. The van der Waals surface area contributed by atoms with Crippen molar-refractivity contribution < 1.29 is 25.6 Å². The molecule has 0 amide bonds. The van der Waals surface area contributed by atoms with Crippen molar-refractivity contribution in [1.29, 1.82) is 0 Å². The van der Waals surface area contributed by atoms with Crippen LogP contribution in [0.1, 0.15) is 12.8 Å². The number of halogens is 2. The third-order valence-electron chi connectivity index (χ3n) is 3.84. The molecule has 0 aromatic carbocycles. The van der Waals surface area contributed by atoms with Gasteiger partial charge in [0.2, 0.25) is 0 Å². The molecule has 2 aliphatic rings. The fraction of sp³-hybridized carbons (Fsp3) is 0.917. The number of hydrogen-bond acceptors (Lipinski definition) is 3. The molecule has 0 aliphatic carbocycles. The van der Waals surface area contributed by atoms with Gasteiger partial charge in [0.1, 0.15) is 0 Å². The van der Waals surface area contributed by atoms with Gasteiger partial charge < -0.3 is 0 Å². The van der Waals surface area contributed by atoms with Gasteiger partial charge >= 0.3 is 132 Å². The van der Waals surface area contributed by atoms with Crippen LogP contribution in [-0.4, -0.2) is 70.7 Å². The predicted octanol–water partition coefficient (Wildman–Crippen LogP) is 1.73. The third kappa shape index (κ3) is 4.15. The molecule has 0 bridgehead atoms. The number of sulfonamides is 1. The van der Waals surface area contributed by atoms with Gasteiger partial charge in [-0.2, -0.15) is 0 Å². The second-order valence-electron chi connectivity index (χ2n) is 7.90. The maximum atomic E-state index is 15.0. The van der Waals surface area contributed by atoms with E-state index in [4.69, 9.17) is 4.43 Å². The van der Waals surface area contributed by atoms with Gasteiger partial charge in [-0.1, -0.05) is 0 Å². The molecule has 0 aromatic rings. The second kappa shape index (κ2) is 5.08. The summed E-state index contributed by atoms with van der Waals surface area (Å²) in [5, 5.41) is 0. The van der Waals surface area contributed by atoms with Crippen LogP contribution in [0, 0.1) is 0 Å². The first-order valence-corrected chi connectivity index (χ1v) is 16.0. The first-order chi connectivity index (χ1) is 9.66. The van der Waals surface area contributed by atoms with E-state index < -0.39 is 32.4 Å². The molecule has 2 rings (SSSR count). The van der Waals surface area contributed by atoms with Gasteiger partial charge in [0.15, 0.2) is 0 Å². The van der Waals surface area contributed by atoms with Gasteiger partial charge in [-0.05, 0) is 0 Å². The minimum atomic E-state index is -4.13. The Morgan fingerprint density at radius 2 is 2.05 bits per heavy atom. The van der Waals surface area contributed by atoms with E-state index in [-0.39, 0.29) is 12.3 Å². The molecule has 22 heavy (non-hydrogen) atoms. The monoisotopic (exact) mass is 372 g/mol. The first-order valence-electron chi connectivity index (χ1n) is 7.54. The van der Waals surface area contributed by atoms with Crippen molar-refractivity contribution >= 4 is 32.3 Å². The van der Waals surface area contributed by atoms with Gasteiger partial charge in [-0.3, -0.25) is 0 Å². The summed E-state index contributed by atoms with van der Waals surface area (Å²) in [6, 6.07) is -0.503. The molecule has 2 heterocycles. The van der Waals surface area contributed by atoms with E-state index in [1.165, 1.54) is 17.4 Å². The van der Waals surface area contributed by atoms with Gasteiger partial charge in [-0.25, -0.2) is 0 Å². The topological polar surface area (TPSA) is 49.6 Å². The number of hydrogen-bond donors (Lipinski definition) is 0. The second-order valence-corrected chi connectivity index (χ2v) is 18.8. The van der Waals surface area contributed by atoms with Crippen molar-refractivity contribution in [2.75, 3.05) is 25.1 Å². The van der Waals surface area contributed by atoms with Crippen LogP contribution in [0.3, 0.4) is 0 Å². The van der Waals surface area contributed by atoms with Gasteiger partial charge in [-0.15, -0.1) is 0 Å². The summed E-state index contributed by atoms with van der Waals surface area (Å²) in [6.45, 7) is 6.46. The van der Waals surface area contributed by atoms with Crippen LogP contribution >= 0.6 is 0 Å². The molecule has 1 fully saturated rings. The summed E-state index contributed by atoms with van der Waals surface area (Å²) in [5.74, 6) is 0.321. The van der Waals surface area contributed by atoms with Crippen LogP contribution in [-0.2, 0) is 14.4 Å². The van der Waals surface area contributed by atoms with E-state index in [0.717, 1.165) is 6.26 Å². The zero-order valence-corrected chi connectivity index (χ0v) is 16.7. The molecule has 0 radical (unpaired) electrons. The molecule has 0 aromatic heterocycles.